The maximum Gasteiger partial charge on any atom is 0.338 e. The normalized spacial score (nSPS) is 29.7. The first-order chi connectivity index (χ1) is 12.7. The summed E-state index contributed by atoms with van der Waals surface area (Å²) in [7, 11) is 0. The number of rotatable bonds is 8. The molecule has 0 radical (unpaired) electrons. The van der Waals surface area contributed by atoms with E-state index in [1.807, 2.05) is 12.1 Å². The van der Waals surface area contributed by atoms with Crippen molar-refractivity contribution in [2.45, 2.75) is 44.8 Å². The van der Waals surface area contributed by atoms with E-state index < -0.39 is 0 Å². The molecule has 1 aromatic carbocycles. The van der Waals surface area contributed by atoms with Gasteiger partial charge >= 0.3 is 5.97 Å². The van der Waals surface area contributed by atoms with Crippen molar-refractivity contribution in [1.82, 2.24) is 4.90 Å². The van der Waals surface area contributed by atoms with E-state index in [4.69, 9.17) is 14.2 Å². The highest BCUT2D eigenvalue weighted by Gasteiger charge is 2.52. The van der Waals surface area contributed by atoms with Crippen molar-refractivity contribution < 1.29 is 19.0 Å². The summed E-state index contributed by atoms with van der Waals surface area (Å²) < 4.78 is 17.1. The zero-order valence-electron chi connectivity index (χ0n) is 15.6. The minimum absolute atomic E-state index is 0.257. The van der Waals surface area contributed by atoms with E-state index in [9.17, 15) is 4.79 Å². The Hall–Kier alpha value is -1.59. The lowest BCUT2D eigenvalue weighted by atomic mass is 9.82. The fourth-order valence-electron chi connectivity index (χ4n) is 4.60. The molecular weight excluding hydrogens is 330 g/mol. The first-order valence-corrected chi connectivity index (χ1v) is 10.0. The predicted octanol–water partition coefficient (Wildman–Crippen LogP) is 3.13. The number of benzene rings is 1. The van der Waals surface area contributed by atoms with Gasteiger partial charge in [-0.05, 0) is 43.5 Å². The largest absolute Gasteiger partial charge is 0.494 e. The number of carbonyl (C=O) groups excluding carboxylic acids is 1. The summed E-state index contributed by atoms with van der Waals surface area (Å²) in [4.78, 5) is 14.6. The Bertz CT molecular complexity index is 599. The molecule has 26 heavy (non-hydrogen) atoms. The maximum absolute atomic E-state index is 12.2. The van der Waals surface area contributed by atoms with Crippen LogP contribution in [0, 0.1) is 11.8 Å². The Morgan fingerprint density at radius 3 is 2.46 bits per heavy atom. The number of unbranched alkanes of at least 4 members (excludes halogenated alkanes) is 1. The average Bonchev–Trinajstić information content (AvgIpc) is 3.35. The lowest BCUT2D eigenvalue weighted by Crippen LogP contribution is -2.29. The van der Waals surface area contributed by atoms with Crippen molar-refractivity contribution in [2.24, 2.45) is 11.8 Å². The van der Waals surface area contributed by atoms with Gasteiger partial charge in [-0.2, -0.15) is 0 Å². The Kier molecular flexibility index (Phi) is 5.46. The summed E-state index contributed by atoms with van der Waals surface area (Å²) in [5, 5.41) is 0. The van der Waals surface area contributed by atoms with Crippen LogP contribution < -0.4 is 4.74 Å². The van der Waals surface area contributed by atoms with Crippen LogP contribution in [0.15, 0.2) is 24.3 Å². The molecule has 4 rings (SSSR count). The fourth-order valence-corrected chi connectivity index (χ4v) is 4.60. The molecular formula is C21H29NO4. The first-order valence-electron chi connectivity index (χ1n) is 10.0. The molecule has 4 atom stereocenters. The van der Waals surface area contributed by atoms with Crippen LogP contribution in [-0.2, 0) is 9.47 Å². The number of hydrogen-bond acceptors (Lipinski definition) is 5. The number of likely N-dealkylation sites (tertiary alicyclic amines) is 1. The minimum atomic E-state index is -0.257. The monoisotopic (exact) mass is 359 g/mol. The molecule has 0 N–H and O–H groups in total. The highest BCUT2D eigenvalue weighted by Crippen LogP contribution is 2.46. The highest BCUT2D eigenvalue weighted by molar-refractivity contribution is 5.89. The van der Waals surface area contributed by atoms with Crippen LogP contribution in [0.25, 0.3) is 0 Å². The zero-order chi connectivity index (χ0) is 17.9. The third-order valence-corrected chi connectivity index (χ3v) is 6.03. The second kappa shape index (κ2) is 7.97. The van der Waals surface area contributed by atoms with Gasteiger partial charge in [0.2, 0.25) is 0 Å². The molecule has 3 saturated heterocycles. The number of hydrogen-bond donors (Lipinski definition) is 0. The summed E-state index contributed by atoms with van der Waals surface area (Å²) in [6.45, 7) is 6.29. The molecule has 0 saturated carbocycles. The van der Waals surface area contributed by atoms with Gasteiger partial charge in [0.25, 0.3) is 0 Å². The van der Waals surface area contributed by atoms with Crippen molar-refractivity contribution in [2.75, 3.05) is 32.8 Å². The molecule has 4 unspecified atom stereocenters. The summed E-state index contributed by atoms with van der Waals surface area (Å²) >= 11 is 0. The standard InChI is InChI=1S/C21H29NO4/c1-2-3-11-24-16-6-4-15(5-7-16)21(23)25-12-10-22-13-17-18(14-22)20-9-8-19(17)26-20/h4-7,17-20H,2-3,8-14H2,1H3. The van der Waals surface area contributed by atoms with E-state index in [0.717, 1.165) is 38.2 Å². The van der Waals surface area contributed by atoms with Gasteiger partial charge in [-0.15, -0.1) is 0 Å². The molecule has 3 heterocycles. The van der Waals surface area contributed by atoms with Crippen molar-refractivity contribution >= 4 is 5.97 Å². The zero-order valence-corrected chi connectivity index (χ0v) is 15.6. The SMILES string of the molecule is CCCCOc1ccc(C(=O)OCCN2CC3C4CCC(O4)C3C2)cc1. The van der Waals surface area contributed by atoms with Gasteiger partial charge in [0, 0.05) is 31.5 Å². The fraction of sp³-hybridized carbons (Fsp3) is 0.667. The molecule has 142 valence electrons. The number of esters is 1. The van der Waals surface area contributed by atoms with Crippen LogP contribution in [0.1, 0.15) is 43.0 Å². The van der Waals surface area contributed by atoms with E-state index in [-0.39, 0.29) is 5.97 Å². The van der Waals surface area contributed by atoms with E-state index >= 15 is 0 Å². The lowest BCUT2D eigenvalue weighted by Gasteiger charge is -2.18. The second-order valence-electron chi connectivity index (χ2n) is 7.74. The van der Waals surface area contributed by atoms with E-state index in [1.54, 1.807) is 12.1 Å². The van der Waals surface area contributed by atoms with Gasteiger partial charge in [0.05, 0.1) is 24.4 Å². The van der Waals surface area contributed by atoms with Gasteiger partial charge in [-0.25, -0.2) is 4.79 Å². The third kappa shape index (κ3) is 3.74. The highest BCUT2D eigenvalue weighted by atomic mass is 16.5. The molecule has 1 aromatic rings. The molecule has 0 aromatic heterocycles. The molecule has 0 spiro atoms. The summed E-state index contributed by atoms with van der Waals surface area (Å²) in [5.41, 5.74) is 0.581. The molecule has 0 amide bonds. The molecule has 3 aliphatic heterocycles. The topological polar surface area (TPSA) is 48.0 Å². The van der Waals surface area contributed by atoms with Gasteiger partial charge < -0.3 is 14.2 Å². The number of fused-ring (bicyclic) bond motifs is 5. The van der Waals surface area contributed by atoms with Crippen LogP contribution in [0.2, 0.25) is 0 Å². The van der Waals surface area contributed by atoms with Crippen molar-refractivity contribution in [3.05, 3.63) is 29.8 Å². The van der Waals surface area contributed by atoms with Crippen LogP contribution in [0.5, 0.6) is 5.75 Å². The summed E-state index contributed by atoms with van der Waals surface area (Å²) in [5.74, 6) is 1.94. The van der Waals surface area contributed by atoms with Gasteiger partial charge in [0.15, 0.2) is 0 Å². The molecule has 3 fully saturated rings. The van der Waals surface area contributed by atoms with Crippen LogP contribution >= 0.6 is 0 Å². The van der Waals surface area contributed by atoms with Gasteiger partial charge in [-0.3, -0.25) is 4.90 Å². The van der Waals surface area contributed by atoms with Crippen molar-refractivity contribution in [3.8, 4) is 5.75 Å². The smallest absolute Gasteiger partial charge is 0.338 e. The Morgan fingerprint density at radius 2 is 1.81 bits per heavy atom. The average molecular weight is 359 g/mol. The van der Waals surface area contributed by atoms with Gasteiger partial charge in [0.1, 0.15) is 12.4 Å². The third-order valence-electron chi connectivity index (χ3n) is 6.03. The van der Waals surface area contributed by atoms with E-state index in [0.29, 0.717) is 42.8 Å². The molecule has 5 nitrogen and oxygen atoms in total. The molecule has 0 aliphatic carbocycles. The molecule has 2 bridgehead atoms. The Morgan fingerprint density at radius 1 is 1.12 bits per heavy atom. The minimum Gasteiger partial charge on any atom is -0.494 e. The number of carbonyl (C=O) groups is 1. The first kappa shape index (κ1) is 17.8. The van der Waals surface area contributed by atoms with Crippen molar-refractivity contribution in [3.63, 3.8) is 0 Å². The molecule has 3 aliphatic rings. The van der Waals surface area contributed by atoms with E-state index in [1.165, 1.54) is 12.8 Å². The Labute approximate surface area is 155 Å². The summed E-state index contributed by atoms with van der Waals surface area (Å²) in [6, 6.07) is 7.23. The van der Waals surface area contributed by atoms with Crippen LogP contribution in [-0.4, -0.2) is 55.9 Å². The van der Waals surface area contributed by atoms with Gasteiger partial charge in [-0.1, -0.05) is 13.3 Å². The van der Waals surface area contributed by atoms with E-state index in [2.05, 4.69) is 11.8 Å². The predicted molar refractivity (Wildman–Crippen MR) is 98.4 cm³/mol. The van der Waals surface area contributed by atoms with Crippen molar-refractivity contribution in [1.29, 1.82) is 0 Å². The summed E-state index contributed by atoms with van der Waals surface area (Å²) in [6.07, 6.45) is 5.57. The maximum atomic E-state index is 12.2. The molecule has 5 heteroatoms. The number of nitrogens with zero attached hydrogens (tertiary/aromatic N) is 1. The number of ether oxygens (including phenoxy) is 3. The van der Waals surface area contributed by atoms with Crippen LogP contribution in [0.3, 0.4) is 0 Å². The second-order valence-corrected chi connectivity index (χ2v) is 7.74. The Balaban J connectivity index is 1.19. The van der Waals surface area contributed by atoms with Crippen LogP contribution in [0.4, 0.5) is 0 Å². The quantitative estimate of drug-likeness (QED) is 0.527. The lowest BCUT2D eigenvalue weighted by molar-refractivity contribution is 0.0430.